The zero-order valence-corrected chi connectivity index (χ0v) is 19.7. The van der Waals surface area contributed by atoms with E-state index in [-0.39, 0.29) is 24.4 Å². The highest BCUT2D eigenvalue weighted by molar-refractivity contribution is 7.09. The Morgan fingerprint density at radius 3 is 2.67 bits per heavy atom. The highest BCUT2D eigenvalue weighted by Gasteiger charge is 2.19. The van der Waals surface area contributed by atoms with Crippen LogP contribution in [0.1, 0.15) is 16.1 Å². The Morgan fingerprint density at radius 1 is 1.12 bits per heavy atom. The number of carbonyl (C=O) groups is 1. The minimum absolute atomic E-state index is 0.0189. The van der Waals surface area contributed by atoms with Crippen LogP contribution < -0.4 is 9.47 Å². The predicted molar refractivity (Wildman–Crippen MR) is 127 cm³/mol. The van der Waals surface area contributed by atoms with E-state index in [0.29, 0.717) is 17.1 Å². The number of ketones is 1. The van der Waals surface area contributed by atoms with Gasteiger partial charge < -0.3 is 14.4 Å². The third-order valence-corrected chi connectivity index (χ3v) is 6.50. The molecule has 2 heterocycles. The number of likely N-dealkylation sites (N-methyl/N-ethyl adjacent to an activating group) is 1. The molecule has 174 valence electrons. The zero-order chi connectivity index (χ0) is 23.2. The molecule has 1 aliphatic rings. The largest absolute Gasteiger partial charge is 0.493 e. The van der Waals surface area contributed by atoms with Crippen molar-refractivity contribution in [3.8, 4) is 17.2 Å². The minimum Gasteiger partial charge on any atom is -0.493 e. The predicted octanol–water partition coefficient (Wildman–Crippen LogP) is 4.18. The van der Waals surface area contributed by atoms with Gasteiger partial charge in [-0.2, -0.15) is 0 Å². The third kappa shape index (κ3) is 6.16. The number of Topliss-reactive ketones (excluding diaryl/α,β-unsaturated/α-hetero) is 1. The Morgan fingerprint density at radius 2 is 1.94 bits per heavy atom. The van der Waals surface area contributed by atoms with Crippen LogP contribution in [0, 0.1) is 5.82 Å². The summed E-state index contributed by atoms with van der Waals surface area (Å²) in [6.07, 6.45) is 2.14. The number of carbonyl (C=O) groups excluding carboxylic acids is 1. The van der Waals surface area contributed by atoms with Gasteiger partial charge in [0.15, 0.2) is 11.6 Å². The number of hydrogen-bond donors (Lipinski definition) is 0. The van der Waals surface area contributed by atoms with Gasteiger partial charge in [-0.1, -0.05) is 18.2 Å². The third-order valence-electron chi connectivity index (χ3n) is 5.72. The summed E-state index contributed by atoms with van der Waals surface area (Å²) in [6.45, 7) is 4.80. The van der Waals surface area contributed by atoms with Gasteiger partial charge in [0.1, 0.15) is 11.5 Å². The maximum absolute atomic E-state index is 14.6. The molecule has 1 saturated heterocycles. The second kappa shape index (κ2) is 10.9. The second-order valence-electron chi connectivity index (χ2n) is 8.21. The molecule has 4 rings (SSSR count). The van der Waals surface area contributed by atoms with Crippen molar-refractivity contribution in [2.24, 2.45) is 0 Å². The summed E-state index contributed by atoms with van der Waals surface area (Å²) < 4.78 is 25.9. The molecule has 0 spiro atoms. The Hall–Kier alpha value is -2.81. The van der Waals surface area contributed by atoms with Gasteiger partial charge in [0.2, 0.25) is 5.75 Å². The molecule has 6 nitrogen and oxygen atoms in total. The summed E-state index contributed by atoms with van der Waals surface area (Å²) in [4.78, 5) is 21.6. The number of aromatic nitrogens is 1. The molecule has 0 N–H and O–H groups in total. The fourth-order valence-corrected chi connectivity index (χ4v) is 4.49. The van der Waals surface area contributed by atoms with Crippen molar-refractivity contribution < 1.29 is 18.7 Å². The van der Waals surface area contributed by atoms with Crippen molar-refractivity contribution in [1.82, 2.24) is 14.8 Å². The molecule has 3 aromatic rings. The highest BCUT2D eigenvalue weighted by atomic mass is 32.1. The first-order chi connectivity index (χ1) is 16.0. The van der Waals surface area contributed by atoms with Crippen molar-refractivity contribution in [3.05, 3.63) is 69.9 Å². The molecule has 1 aliphatic heterocycles. The maximum atomic E-state index is 14.6. The van der Waals surface area contributed by atoms with Gasteiger partial charge in [-0.3, -0.25) is 9.69 Å². The van der Waals surface area contributed by atoms with Gasteiger partial charge in [0, 0.05) is 56.3 Å². The van der Waals surface area contributed by atoms with Crippen LogP contribution >= 0.6 is 11.3 Å². The van der Waals surface area contributed by atoms with Gasteiger partial charge >= 0.3 is 0 Å². The second-order valence-corrected chi connectivity index (χ2v) is 9.19. The minimum atomic E-state index is -0.515. The number of nitrogens with zero attached hydrogens (tertiary/aromatic N) is 3. The van der Waals surface area contributed by atoms with E-state index in [1.807, 2.05) is 23.6 Å². The number of piperazine rings is 1. The molecule has 0 saturated carbocycles. The highest BCUT2D eigenvalue weighted by Crippen LogP contribution is 2.36. The maximum Gasteiger partial charge on any atom is 0.204 e. The van der Waals surface area contributed by atoms with E-state index < -0.39 is 5.82 Å². The molecule has 1 aromatic heterocycles. The molecule has 0 unspecified atom stereocenters. The molecular weight excluding hydrogens is 441 g/mol. The van der Waals surface area contributed by atoms with Crippen LogP contribution in [0.3, 0.4) is 0 Å². The number of halogens is 1. The molecule has 2 aromatic carbocycles. The van der Waals surface area contributed by atoms with Crippen LogP contribution in [0.2, 0.25) is 0 Å². The first kappa shape index (κ1) is 23.4. The van der Waals surface area contributed by atoms with E-state index in [1.165, 1.54) is 24.5 Å². The number of thiazole rings is 1. The van der Waals surface area contributed by atoms with Gasteiger partial charge in [-0.25, -0.2) is 9.37 Å². The number of para-hydroxylation sites is 1. The molecule has 8 heteroatoms. The van der Waals surface area contributed by atoms with E-state index in [1.54, 1.807) is 18.3 Å². The average molecular weight is 470 g/mol. The van der Waals surface area contributed by atoms with Crippen LogP contribution in [0.5, 0.6) is 17.2 Å². The van der Waals surface area contributed by atoms with E-state index in [0.717, 1.165) is 43.3 Å². The van der Waals surface area contributed by atoms with Crippen LogP contribution in [0.4, 0.5) is 4.39 Å². The number of methoxy groups -OCH3 is 1. The summed E-state index contributed by atoms with van der Waals surface area (Å²) in [7, 11) is 3.60. The van der Waals surface area contributed by atoms with E-state index in [2.05, 4.69) is 21.8 Å². The molecule has 0 aliphatic carbocycles. The van der Waals surface area contributed by atoms with E-state index >= 15 is 0 Å². The van der Waals surface area contributed by atoms with Crippen LogP contribution in [0.25, 0.3) is 0 Å². The zero-order valence-electron chi connectivity index (χ0n) is 18.9. The van der Waals surface area contributed by atoms with Crippen LogP contribution in [-0.2, 0) is 24.2 Å². The molecule has 0 radical (unpaired) electrons. The van der Waals surface area contributed by atoms with Gasteiger partial charge in [0.05, 0.1) is 18.5 Å². The number of benzene rings is 2. The van der Waals surface area contributed by atoms with E-state index in [4.69, 9.17) is 9.47 Å². The van der Waals surface area contributed by atoms with Gasteiger partial charge in [-0.15, -0.1) is 11.3 Å². The summed E-state index contributed by atoms with van der Waals surface area (Å²) in [5.74, 6) is 0.309. The fourth-order valence-electron chi connectivity index (χ4n) is 3.85. The summed E-state index contributed by atoms with van der Waals surface area (Å²) in [5, 5.41) is 2.64. The summed E-state index contributed by atoms with van der Waals surface area (Å²) in [5.41, 5.74) is 1.77. The number of rotatable bonds is 9. The monoisotopic (exact) mass is 469 g/mol. The molecule has 0 atom stereocenters. The normalized spacial score (nSPS) is 14.9. The first-order valence-corrected chi connectivity index (χ1v) is 11.8. The number of ether oxygens (including phenoxy) is 2. The smallest absolute Gasteiger partial charge is 0.204 e. The molecule has 0 bridgehead atoms. The lowest BCUT2D eigenvalue weighted by atomic mass is 10.0. The van der Waals surface area contributed by atoms with E-state index in [9.17, 15) is 9.18 Å². The van der Waals surface area contributed by atoms with Crippen LogP contribution in [0.15, 0.2) is 48.0 Å². The van der Waals surface area contributed by atoms with Crippen molar-refractivity contribution in [2.45, 2.75) is 19.4 Å². The van der Waals surface area contributed by atoms with Gasteiger partial charge in [-0.05, 0) is 30.8 Å². The Labute approximate surface area is 197 Å². The molecular formula is C25H28FN3O3S. The van der Waals surface area contributed by atoms with Crippen molar-refractivity contribution >= 4 is 17.1 Å². The van der Waals surface area contributed by atoms with Crippen molar-refractivity contribution in [3.63, 3.8) is 0 Å². The molecule has 33 heavy (non-hydrogen) atoms. The van der Waals surface area contributed by atoms with Crippen LogP contribution in [-0.4, -0.2) is 60.9 Å². The first-order valence-electron chi connectivity index (χ1n) is 10.9. The SMILES string of the molecule is COc1cccc(F)c1Oc1cc(CN2CCN(C)CC2)ccc1CC(=O)Cc1nccs1. The topological polar surface area (TPSA) is 54.9 Å². The lowest BCUT2D eigenvalue weighted by Gasteiger charge is -2.32. The Bertz CT molecular complexity index is 1080. The van der Waals surface area contributed by atoms with Crippen molar-refractivity contribution in [2.75, 3.05) is 40.3 Å². The fraction of sp³-hybridized carbons (Fsp3) is 0.360. The average Bonchev–Trinajstić information content (AvgIpc) is 3.31. The van der Waals surface area contributed by atoms with Gasteiger partial charge in [0.25, 0.3) is 0 Å². The summed E-state index contributed by atoms with van der Waals surface area (Å²) in [6, 6.07) is 10.4. The molecule has 1 fully saturated rings. The lowest BCUT2D eigenvalue weighted by Crippen LogP contribution is -2.43. The van der Waals surface area contributed by atoms with Crippen molar-refractivity contribution in [1.29, 1.82) is 0 Å². The number of hydrogen-bond acceptors (Lipinski definition) is 7. The Balaban J connectivity index is 1.58. The molecule has 0 amide bonds. The standard InChI is InChI=1S/C25H28FN3O3S/c1-28-9-11-29(12-10-28)17-18-6-7-19(15-20(30)16-24-27-8-13-33-24)23(14-18)32-25-21(26)4-3-5-22(25)31-2/h3-8,13-14H,9-12,15-17H2,1-2H3. The quantitative estimate of drug-likeness (QED) is 0.469. The Kier molecular flexibility index (Phi) is 7.69. The summed E-state index contributed by atoms with van der Waals surface area (Å²) >= 11 is 1.46. The lowest BCUT2D eigenvalue weighted by molar-refractivity contribution is -0.117.